The highest BCUT2D eigenvalue weighted by Crippen LogP contribution is 2.26. The molecule has 0 atom stereocenters. The van der Waals surface area contributed by atoms with Crippen molar-refractivity contribution in [2.24, 2.45) is 0 Å². The number of aromatic amines is 1. The number of fused-ring (bicyclic) bond motifs is 1. The van der Waals surface area contributed by atoms with Crippen LogP contribution in [0, 0.1) is 20.8 Å². The number of rotatable bonds is 3. The van der Waals surface area contributed by atoms with E-state index < -0.39 is 0 Å². The molecule has 5 nitrogen and oxygen atoms in total. The minimum Gasteiger partial charge on any atom is -0.464 e. The van der Waals surface area contributed by atoms with Crippen molar-refractivity contribution in [2.75, 3.05) is 5.32 Å². The molecule has 0 saturated heterocycles. The lowest BCUT2D eigenvalue weighted by Gasteiger charge is -2.02. The molecular formula is C16H17N3O2. The second kappa shape index (κ2) is 5.09. The van der Waals surface area contributed by atoms with Gasteiger partial charge in [-0.3, -0.25) is 10.1 Å². The van der Waals surface area contributed by atoms with Crippen LogP contribution in [0.2, 0.25) is 0 Å². The minimum absolute atomic E-state index is 0.120. The van der Waals surface area contributed by atoms with Crippen LogP contribution in [0.25, 0.3) is 11.0 Å². The number of benzene rings is 1. The first kappa shape index (κ1) is 13.4. The largest absolute Gasteiger partial charge is 0.464 e. The smallest absolute Gasteiger partial charge is 0.231 e. The molecule has 1 aromatic carbocycles. The molecule has 0 bridgehead atoms. The van der Waals surface area contributed by atoms with Gasteiger partial charge >= 0.3 is 0 Å². The average Bonchev–Trinajstić information content (AvgIpc) is 3.01. The van der Waals surface area contributed by atoms with Crippen molar-refractivity contribution in [1.82, 2.24) is 9.97 Å². The number of hydrogen-bond donors (Lipinski definition) is 2. The summed E-state index contributed by atoms with van der Waals surface area (Å²) in [5.41, 5.74) is 4.94. The molecular weight excluding hydrogens is 266 g/mol. The number of nitrogens with one attached hydrogen (secondary N) is 2. The first-order valence-corrected chi connectivity index (χ1v) is 6.82. The Hall–Kier alpha value is -2.56. The van der Waals surface area contributed by atoms with Gasteiger partial charge in [-0.2, -0.15) is 0 Å². The van der Waals surface area contributed by atoms with E-state index in [1.54, 1.807) is 12.5 Å². The summed E-state index contributed by atoms with van der Waals surface area (Å²) in [5, 5.41) is 3.73. The molecule has 108 valence electrons. The van der Waals surface area contributed by atoms with Crippen LogP contribution in [-0.2, 0) is 11.2 Å². The second-order valence-corrected chi connectivity index (χ2v) is 5.28. The van der Waals surface area contributed by atoms with Gasteiger partial charge in [-0.05, 0) is 31.9 Å². The highest BCUT2D eigenvalue weighted by molar-refractivity contribution is 5.94. The van der Waals surface area contributed by atoms with Crippen LogP contribution in [0.5, 0.6) is 0 Å². The molecule has 0 aliphatic heterocycles. The highest BCUT2D eigenvalue weighted by Gasteiger charge is 2.13. The zero-order chi connectivity index (χ0) is 15.0. The molecule has 21 heavy (non-hydrogen) atoms. The predicted octanol–water partition coefficient (Wildman–Crippen LogP) is 3.26. The van der Waals surface area contributed by atoms with Gasteiger partial charge in [0.25, 0.3) is 0 Å². The molecule has 0 aliphatic rings. The molecule has 2 heterocycles. The number of anilines is 1. The normalized spacial score (nSPS) is 11.0. The summed E-state index contributed by atoms with van der Waals surface area (Å²) in [5.74, 6) is 0.350. The second-order valence-electron chi connectivity index (χ2n) is 5.28. The lowest BCUT2D eigenvalue weighted by molar-refractivity contribution is -0.115. The Labute approximate surface area is 122 Å². The number of nitrogens with zero attached hydrogens (tertiary/aromatic N) is 1. The lowest BCUT2D eigenvalue weighted by atomic mass is 10.0. The van der Waals surface area contributed by atoms with E-state index in [1.165, 1.54) is 5.56 Å². The summed E-state index contributed by atoms with van der Waals surface area (Å²) in [6.07, 6.45) is 3.59. The quantitative estimate of drug-likeness (QED) is 0.775. The van der Waals surface area contributed by atoms with Crippen LogP contribution in [-0.4, -0.2) is 15.9 Å². The Morgan fingerprint density at radius 3 is 2.86 bits per heavy atom. The zero-order valence-corrected chi connectivity index (χ0v) is 12.3. The third-order valence-corrected chi connectivity index (χ3v) is 3.65. The van der Waals surface area contributed by atoms with Gasteiger partial charge in [0, 0.05) is 22.8 Å². The Morgan fingerprint density at radius 1 is 1.33 bits per heavy atom. The van der Waals surface area contributed by atoms with E-state index in [0.29, 0.717) is 5.95 Å². The topological polar surface area (TPSA) is 70.9 Å². The van der Waals surface area contributed by atoms with Gasteiger partial charge in [-0.25, -0.2) is 4.98 Å². The number of carbonyl (C=O) groups excluding carboxylic acids is 1. The summed E-state index contributed by atoms with van der Waals surface area (Å²) < 4.78 is 5.61. The van der Waals surface area contributed by atoms with Crippen molar-refractivity contribution in [1.29, 1.82) is 0 Å². The zero-order valence-electron chi connectivity index (χ0n) is 12.3. The van der Waals surface area contributed by atoms with Gasteiger partial charge in [0.15, 0.2) is 0 Å². The molecule has 0 fully saturated rings. The van der Waals surface area contributed by atoms with Crippen molar-refractivity contribution in [2.45, 2.75) is 27.2 Å². The molecule has 0 spiro atoms. The molecule has 0 aliphatic carbocycles. The molecule has 0 unspecified atom stereocenters. The Balaban J connectivity index is 1.82. The summed E-state index contributed by atoms with van der Waals surface area (Å²) in [7, 11) is 0. The van der Waals surface area contributed by atoms with E-state index >= 15 is 0 Å². The fourth-order valence-corrected chi connectivity index (χ4v) is 2.35. The van der Waals surface area contributed by atoms with Gasteiger partial charge in [0.2, 0.25) is 11.9 Å². The van der Waals surface area contributed by atoms with Crippen molar-refractivity contribution in [3.8, 4) is 0 Å². The van der Waals surface area contributed by atoms with E-state index in [-0.39, 0.29) is 12.3 Å². The molecule has 5 heteroatoms. The maximum absolute atomic E-state index is 12.1. The standard InChI is InChI=1S/C16H17N3O2/c1-9-4-5-13-12(8-21-15(13)11(9)3)6-14(20)19-16-17-7-10(2)18-16/h4-5,7-8H,6H2,1-3H3,(H2,17,18,19,20). The number of furan rings is 1. The molecule has 1 amide bonds. The summed E-state index contributed by atoms with van der Waals surface area (Å²) in [6, 6.07) is 4.05. The van der Waals surface area contributed by atoms with Crippen LogP contribution in [0.3, 0.4) is 0 Å². The molecule has 3 rings (SSSR count). The summed E-state index contributed by atoms with van der Waals surface area (Å²) >= 11 is 0. The van der Waals surface area contributed by atoms with E-state index in [4.69, 9.17) is 4.42 Å². The van der Waals surface area contributed by atoms with Crippen LogP contribution in [0.15, 0.2) is 29.0 Å². The fourth-order valence-electron chi connectivity index (χ4n) is 2.35. The molecule has 0 radical (unpaired) electrons. The van der Waals surface area contributed by atoms with Gasteiger partial charge in [-0.15, -0.1) is 0 Å². The molecule has 2 aromatic heterocycles. The van der Waals surface area contributed by atoms with E-state index in [9.17, 15) is 4.79 Å². The van der Waals surface area contributed by atoms with E-state index in [1.807, 2.05) is 32.9 Å². The van der Waals surface area contributed by atoms with Crippen LogP contribution < -0.4 is 5.32 Å². The molecule has 2 N–H and O–H groups in total. The molecule has 3 aromatic rings. The first-order chi connectivity index (χ1) is 10.0. The van der Waals surface area contributed by atoms with Gasteiger partial charge in [0.1, 0.15) is 5.58 Å². The Kier molecular flexibility index (Phi) is 3.25. The van der Waals surface area contributed by atoms with Crippen LogP contribution in [0.4, 0.5) is 5.95 Å². The average molecular weight is 283 g/mol. The van der Waals surface area contributed by atoms with Gasteiger partial charge in [-0.1, -0.05) is 12.1 Å². The van der Waals surface area contributed by atoms with Crippen molar-refractivity contribution < 1.29 is 9.21 Å². The number of carbonyl (C=O) groups is 1. The van der Waals surface area contributed by atoms with Crippen molar-refractivity contribution >= 4 is 22.8 Å². The number of aryl methyl sites for hydroxylation is 3. The molecule has 0 saturated carbocycles. The van der Waals surface area contributed by atoms with Gasteiger partial charge in [0.05, 0.1) is 12.7 Å². The van der Waals surface area contributed by atoms with E-state index in [2.05, 4.69) is 15.3 Å². The Morgan fingerprint density at radius 2 is 2.14 bits per heavy atom. The summed E-state index contributed by atoms with van der Waals surface area (Å²) in [4.78, 5) is 19.1. The number of aromatic nitrogens is 2. The van der Waals surface area contributed by atoms with E-state index in [0.717, 1.165) is 27.8 Å². The number of H-pyrrole nitrogens is 1. The van der Waals surface area contributed by atoms with Crippen LogP contribution in [0.1, 0.15) is 22.4 Å². The fraction of sp³-hybridized carbons (Fsp3) is 0.250. The Bertz CT molecular complexity index is 814. The number of imidazole rings is 1. The maximum atomic E-state index is 12.1. The lowest BCUT2D eigenvalue weighted by Crippen LogP contribution is -2.15. The number of amides is 1. The van der Waals surface area contributed by atoms with Gasteiger partial charge < -0.3 is 9.40 Å². The third-order valence-electron chi connectivity index (χ3n) is 3.65. The monoisotopic (exact) mass is 283 g/mol. The summed E-state index contributed by atoms with van der Waals surface area (Å²) in [6.45, 7) is 5.96. The SMILES string of the molecule is Cc1cnc(NC(=O)Cc2coc3c(C)c(C)ccc23)[nH]1. The van der Waals surface area contributed by atoms with Crippen LogP contribution >= 0.6 is 0 Å². The highest BCUT2D eigenvalue weighted by atomic mass is 16.3. The van der Waals surface area contributed by atoms with Crippen molar-refractivity contribution in [3.05, 3.63) is 47.0 Å². The number of hydrogen-bond acceptors (Lipinski definition) is 3. The van der Waals surface area contributed by atoms with Crippen molar-refractivity contribution in [3.63, 3.8) is 0 Å². The maximum Gasteiger partial charge on any atom is 0.231 e. The minimum atomic E-state index is -0.120. The predicted molar refractivity (Wildman–Crippen MR) is 81.3 cm³/mol. The first-order valence-electron chi connectivity index (χ1n) is 6.82. The third kappa shape index (κ3) is 2.54.